The Morgan fingerprint density at radius 3 is 3.00 bits per heavy atom. The second-order valence-electron chi connectivity index (χ2n) is 2.20. The van der Waals surface area contributed by atoms with Gasteiger partial charge in [0.05, 0.1) is 0 Å². The summed E-state index contributed by atoms with van der Waals surface area (Å²) in [5, 5.41) is 9.28. The maximum atomic E-state index is 9.28. The Bertz CT molecular complexity index is 159. The standard InChI is InChI=1S/C7H9NO/c1-7(9)4-2-3-5-8-6-7/h2-6,9H,1H3. The summed E-state index contributed by atoms with van der Waals surface area (Å²) in [6.45, 7) is 1.68. The summed E-state index contributed by atoms with van der Waals surface area (Å²) >= 11 is 0. The van der Waals surface area contributed by atoms with E-state index in [9.17, 15) is 5.11 Å². The summed E-state index contributed by atoms with van der Waals surface area (Å²) in [5.74, 6) is 0. The van der Waals surface area contributed by atoms with Crippen molar-refractivity contribution in [3.8, 4) is 0 Å². The van der Waals surface area contributed by atoms with Gasteiger partial charge in [0.15, 0.2) is 0 Å². The molecular weight excluding hydrogens is 114 g/mol. The zero-order chi connectivity index (χ0) is 6.74. The molecule has 1 unspecified atom stereocenters. The maximum Gasteiger partial charge on any atom is 0.115 e. The van der Waals surface area contributed by atoms with E-state index in [-0.39, 0.29) is 0 Å². The molecule has 0 fully saturated rings. The van der Waals surface area contributed by atoms with Crippen molar-refractivity contribution in [2.45, 2.75) is 12.5 Å². The predicted octanol–water partition coefficient (Wildman–Crippen LogP) is 0.892. The molecule has 9 heavy (non-hydrogen) atoms. The fraction of sp³-hybridized carbons (Fsp3) is 0.286. The Kier molecular flexibility index (Phi) is 1.49. The number of hydrogen-bond donors (Lipinski definition) is 1. The molecule has 1 heterocycles. The summed E-state index contributed by atoms with van der Waals surface area (Å²) in [5.41, 5.74) is -0.872. The summed E-state index contributed by atoms with van der Waals surface area (Å²) in [6.07, 6.45) is 8.36. The van der Waals surface area contributed by atoms with E-state index < -0.39 is 5.60 Å². The molecule has 48 valence electrons. The molecule has 0 saturated carbocycles. The van der Waals surface area contributed by atoms with Crippen LogP contribution < -0.4 is 0 Å². The van der Waals surface area contributed by atoms with Crippen molar-refractivity contribution in [3.63, 3.8) is 0 Å². The molecule has 1 rings (SSSR count). The first-order valence-corrected chi connectivity index (χ1v) is 2.82. The molecular formula is C7H9NO. The lowest BCUT2D eigenvalue weighted by Gasteiger charge is -2.09. The molecule has 0 aliphatic carbocycles. The average molecular weight is 123 g/mol. The van der Waals surface area contributed by atoms with Crippen LogP contribution in [0.1, 0.15) is 6.92 Å². The van der Waals surface area contributed by atoms with Gasteiger partial charge in [0.1, 0.15) is 5.60 Å². The Morgan fingerprint density at radius 1 is 1.44 bits per heavy atom. The molecule has 2 heteroatoms. The molecule has 0 radical (unpaired) electrons. The van der Waals surface area contributed by atoms with Crippen molar-refractivity contribution in [1.82, 2.24) is 0 Å². The van der Waals surface area contributed by atoms with Crippen LogP contribution in [-0.2, 0) is 0 Å². The molecule has 0 aromatic carbocycles. The number of hydrogen-bond acceptors (Lipinski definition) is 2. The third kappa shape index (κ3) is 1.82. The number of allylic oxidation sites excluding steroid dienone is 2. The average Bonchev–Trinajstić information content (AvgIpc) is 1.92. The molecule has 0 bridgehead atoms. The second kappa shape index (κ2) is 2.15. The van der Waals surface area contributed by atoms with Gasteiger partial charge < -0.3 is 5.11 Å². The lowest BCUT2D eigenvalue weighted by atomic mass is 10.1. The van der Waals surface area contributed by atoms with E-state index in [1.165, 1.54) is 6.21 Å². The normalized spacial score (nSPS) is 32.7. The number of aliphatic hydroxyl groups is 1. The van der Waals surface area contributed by atoms with Gasteiger partial charge in [-0.2, -0.15) is 0 Å². The third-order valence-corrected chi connectivity index (χ3v) is 1.05. The first-order chi connectivity index (χ1) is 4.21. The van der Waals surface area contributed by atoms with Crippen LogP contribution in [0.5, 0.6) is 0 Å². The summed E-state index contributed by atoms with van der Waals surface area (Å²) in [7, 11) is 0. The fourth-order valence-corrected chi connectivity index (χ4v) is 0.587. The van der Waals surface area contributed by atoms with E-state index in [1.54, 1.807) is 31.4 Å². The Balaban J connectivity index is 2.82. The fourth-order valence-electron chi connectivity index (χ4n) is 0.587. The summed E-state index contributed by atoms with van der Waals surface area (Å²) in [6, 6.07) is 0. The molecule has 1 aliphatic heterocycles. The van der Waals surface area contributed by atoms with Crippen molar-refractivity contribution in [1.29, 1.82) is 0 Å². The molecule has 0 aromatic heterocycles. The van der Waals surface area contributed by atoms with Gasteiger partial charge in [-0.1, -0.05) is 6.08 Å². The minimum atomic E-state index is -0.872. The molecule has 1 aliphatic rings. The zero-order valence-corrected chi connectivity index (χ0v) is 5.28. The minimum Gasteiger partial charge on any atom is -0.380 e. The van der Waals surface area contributed by atoms with Crippen LogP contribution in [0.2, 0.25) is 0 Å². The lowest BCUT2D eigenvalue weighted by Crippen LogP contribution is -2.21. The van der Waals surface area contributed by atoms with Gasteiger partial charge in [-0.05, 0) is 19.1 Å². The van der Waals surface area contributed by atoms with E-state index in [4.69, 9.17) is 0 Å². The van der Waals surface area contributed by atoms with Crippen molar-refractivity contribution in [2.24, 2.45) is 4.99 Å². The van der Waals surface area contributed by atoms with Crippen LogP contribution in [0.4, 0.5) is 0 Å². The van der Waals surface area contributed by atoms with Gasteiger partial charge in [0.2, 0.25) is 0 Å². The van der Waals surface area contributed by atoms with Gasteiger partial charge in [-0.15, -0.1) is 0 Å². The van der Waals surface area contributed by atoms with E-state index in [1.807, 2.05) is 0 Å². The summed E-state index contributed by atoms with van der Waals surface area (Å²) in [4.78, 5) is 3.81. The largest absolute Gasteiger partial charge is 0.380 e. The van der Waals surface area contributed by atoms with Gasteiger partial charge in [-0.25, -0.2) is 0 Å². The molecule has 1 N–H and O–H groups in total. The monoisotopic (exact) mass is 123 g/mol. The molecule has 0 saturated heterocycles. The Hall–Kier alpha value is -0.890. The van der Waals surface area contributed by atoms with Gasteiger partial charge >= 0.3 is 0 Å². The van der Waals surface area contributed by atoms with Gasteiger partial charge in [0.25, 0.3) is 0 Å². The van der Waals surface area contributed by atoms with Gasteiger partial charge in [-0.3, -0.25) is 4.99 Å². The van der Waals surface area contributed by atoms with E-state index in [0.717, 1.165) is 0 Å². The van der Waals surface area contributed by atoms with E-state index >= 15 is 0 Å². The quantitative estimate of drug-likeness (QED) is 0.509. The first kappa shape index (κ1) is 6.23. The lowest BCUT2D eigenvalue weighted by molar-refractivity contribution is 0.190. The van der Waals surface area contributed by atoms with Crippen LogP contribution in [0.25, 0.3) is 0 Å². The van der Waals surface area contributed by atoms with E-state index in [0.29, 0.717) is 0 Å². The SMILES string of the molecule is CC1(O)C=CC=CN=C1. The molecule has 2 nitrogen and oxygen atoms in total. The van der Waals surface area contributed by atoms with Crippen LogP contribution in [0, 0.1) is 0 Å². The number of rotatable bonds is 0. The second-order valence-corrected chi connectivity index (χ2v) is 2.20. The van der Waals surface area contributed by atoms with Crippen molar-refractivity contribution < 1.29 is 5.11 Å². The molecule has 0 amide bonds. The molecule has 1 atom stereocenters. The highest BCUT2D eigenvalue weighted by molar-refractivity contribution is 5.72. The highest BCUT2D eigenvalue weighted by Crippen LogP contribution is 2.04. The molecule has 0 spiro atoms. The number of nitrogens with zero attached hydrogens (tertiary/aromatic N) is 1. The van der Waals surface area contributed by atoms with Crippen LogP contribution in [-0.4, -0.2) is 16.9 Å². The van der Waals surface area contributed by atoms with Crippen molar-refractivity contribution in [2.75, 3.05) is 0 Å². The zero-order valence-electron chi connectivity index (χ0n) is 5.28. The van der Waals surface area contributed by atoms with Crippen LogP contribution in [0.3, 0.4) is 0 Å². The Morgan fingerprint density at radius 2 is 2.22 bits per heavy atom. The highest BCUT2D eigenvalue weighted by atomic mass is 16.3. The third-order valence-electron chi connectivity index (χ3n) is 1.05. The van der Waals surface area contributed by atoms with Crippen LogP contribution in [0.15, 0.2) is 29.4 Å². The van der Waals surface area contributed by atoms with E-state index in [2.05, 4.69) is 4.99 Å². The van der Waals surface area contributed by atoms with Crippen molar-refractivity contribution >= 4 is 6.21 Å². The topological polar surface area (TPSA) is 32.6 Å². The highest BCUT2D eigenvalue weighted by Gasteiger charge is 2.11. The summed E-state index contributed by atoms with van der Waals surface area (Å²) < 4.78 is 0. The Labute approximate surface area is 54.2 Å². The number of aliphatic imine (C=N–C) groups is 1. The molecule has 0 aromatic rings. The predicted molar refractivity (Wildman–Crippen MR) is 37.4 cm³/mol. The smallest absolute Gasteiger partial charge is 0.115 e. The first-order valence-electron chi connectivity index (χ1n) is 2.82. The van der Waals surface area contributed by atoms with Crippen LogP contribution >= 0.6 is 0 Å². The maximum absolute atomic E-state index is 9.28. The minimum absolute atomic E-state index is 0.872. The van der Waals surface area contributed by atoms with Gasteiger partial charge in [0, 0.05) is 12.4 Å². The van der Waals surface area contributed by atoms with Crippen molar-refractivity contribution in [3.05, 3.63) is 24.4 Å².